The Morgan fingerprint density at radius 1 is 1.29 bits per heavy atom. The molecule has 21 heavy (non-hydrogen) atoms. The van der Waals surface area contributed by atoms with Crippen molar-refractivity contribution in [1.82, 2.24) is 9.55 Å². The number of hydrogen-bond acceptors (Lipinski definition) is 4. The summed E-state index contributed by atoms with van der Waals surface area (Å²) in [5, 5.41) is 0. The molecule has 0 amide bonds. The van der Waals surface area contributed by atoms with Crippen LogP contribution in [0.1, 0.15) is 11.5 Å². The van der Waals surface area contributed by atoms with Crippen LogP contribution in [0.2, 0.25) is 0 Å². The van der Waals surface area contributed by atoms with Gasteiger partial charge in [0.15, 0.2) is 11.2 Å². The van der Waals surface area contributed by atoms with Crippen molar-refractivity contribution in [1.29, 1.82) is 0 Å². The third-order valence-electron chi connectivity index (χ3n) is 3.33. The van der Waals surface area contributed by atoms with Crippen LogP contribution >= 0.6 is 12.2 Å². The average Bonchev–Trinajstić information content (AvgIpc) is 2.81. The Hall–Kier alpha value is -2.47. The van der Waals surface area contributed by atoms with E-state index in [1.54, 1.807) is 18.3 Å². The molecule has 106 valence electrons. The minimum absolute atomic E-state index is 0.248. The summed E-state index contributed by atoms with van der Waals surface area (Å²) >= 11 is 5.15. The summed E-state index contributed by atoms with van der Waals surface area (Å²) in [5.74, 6) is -0.706. The van der Waals surface area contributed by atoms with Crippen LogP contribution in [-0.4, -0.2) is 14.5 Å². The van der Waals surface area contributed by atoms with Crippen LogP contribution in [0, 0.1) is 0 Å². The Bertz CT molecular complexity index is 839. The van der Waals surface area contributed by atoms with Crippen molar-refractivity contribution in [2.24, 2.45) is 5.73 Å². The van der Waals surface area contributed by atoms with Crippen LogP contribution in [0.25, 0.3) is 11.2 Å². The molecule has 0 bridgehead atoms. The number of nitrogens with two attached hydrogens (primary N) is 1. The molecule has 0 fully saturated rings. The molecule has 2 aromatic heterocycles. The van der Waals surface area contributed by atoms with Crippen LogP contribution in [0.5, 0.6) is 0 Å². The number of hydrogen-bond donors (Lipinski definition) is 1. The second-order valence-electron chi connectivity index (χ2n) is 4.67. The smallest absolute Gasteiger partial charge is 0.406 e. The molecule has 0 aliphatic carbocycles. The summed E-state index contributed by atoms with van der Waals surface area (Å²) in [6, 6.07) is 13.0. The van der Waals surface area contributed by atoms with Crippen LogP contribution in [0.3, 0.4) is 0 Å². The first-order valence-corrected chi connectivity index (χ1v) is 6.86. The van der Waals surface area contributed by atoms with E-state index in [1.165, 1.54) is 4.57 Å². The molecule has 3 aromatic rings. The molecule has 0 radical (unpaired) electrons. The van der Waals surface area contributed by atoms with Gasteiger partial charge in [-0.25, -0.2) is 9.78 Å². The zero-order chi connectivity index (χ0) is 14.8. The van der Waals surface area contributed by atoms with Crippen molar-refractivity contribution in [2.75, 3.05) is 0 Å². The van der Waals surface area contributed by atoms with Crippen molar-refractivity contribution in [2.45, 2.75) is 12.5 Å². The van der Waals surface area contributed by atoms with Gasteiger partial charge < -0.3 is 10.2 Å². The SMILES string of the molecule is NC(=S)C(Cn1c(=O)oc2cccnc21)c1ccccc1. The van der Waals surface area contributed by atoms with Crippen LogP contribution in [-0.2, 0) is 6.54 Å². The lowest BCUT2D eigenvalue weighted by Crippen LogP contribution is -2.27. The first-order valence-electron chi connectivity index (χ1n) is 6.45. The number of oxazole rings is 1. The van der Waals surface area contributed by atoms with E-state index in [9.17, 15) is 4.79 Å². The molecule has 6 heteroatoms. The lowest BCUT2D eigenvalue weighted by atomic mass is 9.99. The predicted octanol–water partition coefficient (Wildman–Crippen LogP) is 2.06. The molecule has 1 aromatic carbocycles. The van der Waals surface area contributed by atoms with Crippen molar-refractivity contribution in [3.05, 3.63) is 64.8 Å². The van der Waals surface area contributed by atoms with E-state index in [0.717, 1.165) is 5.56 Å². The van der Waals surface area contributed by atoms with E-state index in [-0.39, 0.29) is 5.92 Å². The Kier molecular flexibility index (Phi) is 3.53. The van der Waals surface area contributed by atoms with Gasteiger partial charge in [-0.05, 0) is 17.7 Å². The maximum absolute atomic E-state index is 12.0. The first kappa shape index (κ1) is 13.5. The molecule has 5 nitrogen and oxygen atoms in total. The molecule has 0 spiro atoms. The molecule has 1 unspecified atom stereocenters. The second-order valence-corrected chi connectivity index (χ2v) is 5.14. The predicted molar refractivity (Wildman–Crippen MR) is 84.2 cm³/mol. The highest BCUT2D eigenvalue weighted by atomic mass is 32.1. The van der Waals surface area contributed by atoms with Crippen LogP contribution in [0.4, 0.5) is 0 Å². The lowest BCUT2D eigenvalue weighted by Gasteiger charge is -2.15. The molecule has 1 atom stereocenters. The summed E-state index contributed by atoms with van der Waals surface area (Å²) < 4.78 is 6.64. The van der Waals surface area contributed by atoms with Crippen LogP contribution < -0.4 is 11.5 Å². The highest BCUT2D eigenvalue weighted by molar-refractivity contribution is 7.80. The molecule has 2 heterocycles. The van der Waals surface area contributed by atoms with Gasteiger partial charge in [-0.1, -0.05) is 42.5 Å². The van der Waals surface area contributed by atoms with Crippen molar-refractivity contribution in [3.8, 4) is 0 Å². The van der Waals surface area contributed by atoms with Crippen LogP contribution in [0.15, 0.2) is 57.9 Å². The highest BCUT2D eigenvalue weighted by Gasteiger charge is 2.19. The average molecular weight is 299 g/mol. The van der Waals surface area contributed by atoms with Gasteiger partial charge in [0, 0.05) is 12.7 Å². The first-order chi connectivity index (χ1) is 10.2. The quantitative estimate of drug-likeness (QED) is 0.746. The maximum atomic E-state index is 12.0. The number of nitrogens with zero attached hydrogens (tertiary/aromatic N) is 2. The topological polar surface area (TPSA) is 74.0 Å². The summed E-state index contributed by atoms with van der Waals surface area (Å²) in [4.78, 5) is 16.5. The van der Waals surface area contributed by atoms with E-state index in [2.05, 4.69) is 4.98 Å². The number of rotatable bonds is 4. The Labute approximate surface area is 126 Å². The van der Waals surface area contributed by atoms with Crippen molar-refractivity contribution >= 4 is 28.4 Å². The zero-order valence-electron chi connectivity index (χ0n) is 11.1. The van der Waals surface area contributed by atoms with E-state index < -0.39 is 5.76 Å². The van der Waals surface area contributed by atoms with Crippen molar-refractivity contribution in [3.63, 3.8) is 0 Å². The van der Waals surface area contributed by atoms with Gasteiger partial charge in [0.05, 0.1) is 10.9 Å². The Morgan fingerprint density at radius 2 is 2.05 bits per heavy atom. The van der Waals surface area contributed by atoms with Gasteiger partial charge in [0.1, 0.15) is 0 Å². The van der Waals surface area contributed by atoms with E-state index in [1.807, 2.05) is 30.3 Å². The van der Waals surface area contributed by atoms with Gasteiger partial charge >= 0.3 is 5.76 Å². The number of benzene rings is 1. The zero-order valence-corrected chi connectivity index (χ0v) is 11.9. The van der Waals surface area contributed by atoms with E-state index >= 15 is 0 Å². The van der Waals surface area contributed by atoms with Crippen molar-refractivity contribution < 1.29 is 4.42 Å². The van der Waals surface area contributed by atoms with Gasteiger partial charge in [-0.2, -0.15) is 0 Å². The fraction of sp³-hybridized carbons (Fsp3) is 0.133. The van der Waals surface area contributed by atoms with Gasteiger partial charge in [0.25, 0.3) is 0 Å². The summed E-state index contributed by atoms with van der Waals surface area (Å²) in [6.07, 6.45) is 1.62. The summed E-state index contributed by atoms with van der Waals surface area (Å²) in [7, 11) is 0. The summed E-state index contributed by atoms with van der Waals surface area (Å²) in [5.41, 5.74) is 7.76. The van der Waals surface area contributed by atoms with E-state index in [4.69, 9.17) is 22.4 Å². The van der Waals surface area contributed by atoms with Gasteiger partial charge in [0.2, 0.25) is 0 Å². The Balaban J connectivity index is 2.05. The molecule has 3 rings (SSSR count). The third-order valence-corrected chi connectivity index (χ3v) is 3.62. The molecular weight excluding hydrogens is 286 g/mol. The maximum Gasteiger partial charge on any atom is 0.421 e. The number of pyridine rings is 1. The largest absolute Gasteiger partial charge is 0.421 e. The Morgan fingerprint density at radius 3 is 2.76 bits per heavy atom. The minimum Gasteiger partial charge on any atom is -0.406 e. The molecular formula is C15H13N3O2S. The molecule has 0 saturated heterocycles. The second kappa shape index (κ2) is 5.49. The van der Waals surface area contributed by atoms with Gasteiger partial charge in [-0.3, -0.25) is 4.57 Å². The molecule has 0 aliphatic rings. The monoisotopic (exact) mass is 299 g/mol. The minimum atomic E-state index is -0.458. The number of fused-ring (bicyclic) bond motifs is 1. The number of aromatic nitrogens is 2. The summed E-state index contributed by atoms with van der Waals surface area (Å²) in [6.45, 7) is 0.308. The van der Waals surface area contributed by atoms with Gasteiger partial charge in [-0.15, -0.1) is 0 Å². The molecule has 2 N–H and O–H groups in total. The standard InChI is InChI=1S/C15H13N3O2S/c16-13(21)11(10-5-2-1-3-6-10)9-18-14-12(20-15(18)19)7-4-8-17-14/h1-8,11H,9H2,(H2,16,21). The molecule has 0 saturated carbocycles. The van der Waals surface area contributed by atoms with E-state index in [0.29, 0.717) is 22.8 Å². The lowest BCUT2D eigenvalue weighted by molar-refractivity contribution is 0.499. The highest BCUT2D eigenvalue weighted by Crippen LogP contribution is 2.20. The molecule has 0 aliphatic heterocycles. The number of thiocarbonyl (C=S) groups is 1. The normalized spacial score (nSPS) is 12.4. The fourth-order valence-electron chi connectivity index (χ4n) is 2.29. The third kappa shape index (κ3) is 2.57. The fourth-order valence-corrected chi connectivity index (χ4v) is 2.50.